The Morgan fingerprint density at radius 1 is 1.26 bits per heavy atom. The van der Waals surface area contributed by atoms with Crippen LogP contribution >= 0.6 is 11.3 Å². The van der Waals surface area contributed by atoms with Gasteiger partial charge in [-0.15, -0.1) is 11.3 Å². The molecule has 1 unspecified atom stereocenters. The number of ether oxygens (including phenoxy) is 1. The minimum atomic E-state index is -4.50. The quantitative estimate of drug-likeness (QED) is 0.944. The van der Waals surface area contributed by atoms with E-state index in [9.17, 15) is 18.3 Å². The molecule has 2 aromatic rings. The molecule has 0 radical (unpaired) electrons. The van der Waals surface area contributed by atoms with Crippen LogP contribution in [0.2, 0.25) is 0 Å². The van der Waals surface area contributed by atoms with Crippen LogP contribution in [0.1, 0.15) is 21.6 Å². The minimum absolute atomic E-state index is 0.110. The maximum absolute atomic E-state index is 12.4. The molecular weight excluding hydrogens is 281 g/mol. The molecule has 0 spiro atoms. The van der Waals surface area contributed by atoms with E-state index >= 15 is 0 Å². The highest BCUT2D eigenvalue weighted by atomic mass is 32.1. The fourth-order valence-electron chi connectivity index (χ4n) is 1.38. The second-order valence-electron chi connectivity index (χ2n) is 3.60. The van der Waals surface area contributed by atoms with Gasteiger partial charge in [-0.1, -0.05) is 0 Å². The Kier molecular flexibility index (Phi) is 3.72. The van der Waals surface area contributed by atoms with Gasteiger partial charge in [-0.25, -0.2) is 9.97 Å². The summed E-state index contributed by atoms with van der Waals surface area (Å²) in [6, 6.07) is 3.05. The first-order chi connectivity index (χ1) is 8.91. The van der Waals surface area contributed by atoms with Crippen LogP contribution in [0.15, 0.2) is 24.5 Å². The number of pyridine rings is 1. The molecule has 0 saturated heterocycles. The number of halogens is 3. The van der Waals surface area contributed by atoms with Crippen LogP contribution in [0.3, 0.4) is 0 Å². The number of rotatable bonds is 3. The number of hydrogen-bond donors (Lipinski definition) is 1. The zero-order chi connectivity index (χ0) is 14.0. The number of aliphatic hydroxyl groups is 1. The highest BCUT2D eigenvalue weighted by Crippen LogP contribution is 2.35. The second-order valence-corrected chi connectivity index (χ2v) is 4.66. The molecule has 0 bridgehead atoms. The van der Waals surface area contributed by atoms with Gasteiger partial charge in [0.05, 0.1) is 12.0 Å². The number of methoxy groups -OCH3 is 1. The number of aliphatic hydroxyl groups excluding tert-OH is 1. The van der Waals surface area contributed by atoms with Crippen molar-refractivity contribution in [1.29, 1.82) is 0 Å². The highest BCUT2D eigenvalue weighted by Gasteiger charge is 2.35. The summed E-state index contributed by atoms with van der Waals surface area (Å²) in [5.74, 6) is 0.358. The summed E-state index contributed by atoms with van der Waals surface area (Å²) < 4.78 is 42.1. The van der Waals surface area contributed by atoms with E-state index in [0.29, 0.717) is 22.8 Å². The molecule has 2 aromatic heterocycles. The lowest BCUT2D eigenvalue weighted by molar-refractivity contribution is -0.137. The van der Waals surface area contributed by atoms with E-state index in [2.05, 4.69) is 9.97 Å². The monoisotopic (exact) mass is 290 g/mol. The molecule has 1 N–H and O–H groups in total. The molecule has 1 atom stereocenters. The molecule has 2 rings (SSSR count). The number of thiazole rings is 1. The summed E-state index contributed by atoms with van der Waals surface area (Å²) in [6.45, 7) is 0. The average molecular weight is 290 g/mol. The molecule has 19 heavy (non-hydrogen) atoms. The van der Waals surface area contributed by atoms with Crippen LogP contribution in [0.5, 0.6) is 5.88 Å². The Hall–Kier alpha value is -1.67. The summed E-state index contributed by atoms with van der Waals surface area (Å²) in [5, 5.41) is 8.97. The number of hydrogen-bond acceptors (Lipinski definition) is 5. The smallest absolute Gasteiger partial charge is 0.443 e. The Morgan fingerprint density at radius 2 is 2.00 bits per heavy atom. The standard InChI is InChI=1S/C11H9F3N2O2S/c1-18-8-3-2-6(4-15-8)9(17)7-5-16-10(19-7)11(12,13)14/h2-5,9,17H,1H3. The van der Waals surface area contributed by atoms with Gasteiger partial charge in [0.1, 0.15) is 6.10 Å². The fraction of sp³-hybridized carbons (Fsp3) is 0.273. The molecule has 0 fully saturated rings. The second kappa shape index (κ2) is 5.14. The van der Waals surface area contributed by atoms with Crippen molar-refractivity contribution in [2.45, 2.75) is 12.3 Å². The van der Waals surface area contributed by atoms with Crippen LogP contribution in [-0.2, 0) is 6.18 Å². The first kappa shape index (κ1) is 13.8. The molecule has 8 heteroatoms. The number of alkyl halides is 3. The van der Waals surface area contributed by atoms with Crippen LogP contribution in [-0.4, -0.2) is 22.2 Å². The molecular formula is C11H9F3N2O2S. The molecule has 0 aromatic carbocycles. The topological polar surface area (TPSA) is 55.2 Å². The van der Waals surface area contributed by atoms with Crippen molar-refractivity contribution >= 4 is 11.3 Å². The van der Waals surface area contributed by atoms with Gasteiger partial charge in [0.15, 0.2) is 5.01 Å². The van der Waals surface area contributed by atoms with E-state index in [-0.39, 0.29) is 4.88 Å². The summed E-state index contributed by atoms with van der Waals surface area (Å²) in [6.07, 6.45) is -3.33. The third-order valence-electron chi connectivity index (χ3n) is 2.32. The van der Waals surface area contributed by atoms with Gasteiger partial charge in [-0.2, -0.15) is 13.2 Å². The largest absolute Gasteiger partial charge is 0.481 e. The SMILES string of the molecule is COc1ccc(C(O)c2cnc(C(F)(F)F)s2)cn1. The van der Waals surface area contributed by atoms with Gasteiger partial charge in [-0.05, 0) is 6.07 Å². The Morgan fingerprint density at radius 3 is 2.47 bits per heavy atom. The first-order valence-electron chi connectivity index (χ1n) is 5.12. The first-order valence-corrected chi connectivity index (χ1v) is 5.94. The zero-order valence-corrected chi connectivity index (χ0v) is 10.5. The average Bonchev–Trinajstić information content (AvgIpc) is 2.87. The van der Waals surface area contributed by atoms with E-state index < -0.39 is 17.3 Å². The van der Waals surface area contributed by atoms with E-state index in [1.54, 1.807) is 0 Å². The van der Waals surface area contributed by atoms with Crippen LogP contribution < -0.4 is 4.74 Å². The molecule has 0 aliphatic heterocycles. The van der Waals surface area contributed by atoms with Gasteiger partial charge < -0.3 is 9.84 Å². The van der Waals surface area contributed by atoms with Crippen molar-refractivity contribution in [2.75, 3.05) is 7.11 Å². The molecule has 102 valence electrons. The maximum atomic E-state index is 12.4. The van der Waals surface area contributed by atoms with Crippen molar-refractivity contribution in [3.8, 4) is 5.88 Å². The van der Waals surface area contributed by atoms with Gasteiger partial charge >= 0.3 is 6.18 Å². The van der Waals surface area contributed by atoms with E-state index in [4.69, 9.17) is 4.74 Å². The number of nitrogens with zero attached hydrogens (tertiary/aromatic N) is 2. The van der Waals surface area contributed by atoms with Crippen molar-refractivity contribution < 1.29 is 23.0 Å². The number of aromatic nitrogens is 2. The van der Waals surface area contributed by atoms with Crippen molar-refractivity contribution in [3.05, 3.63) is 40.0 Å². The van der Waals surface area contributed by atoms with Crippen molar-refractivity contribution in [1.82, 2.24) is 9.97 Å². The predicted molar refractivity (Wildman–Crippen MR) is 62.0 cm³/mol. The van der Waals surface area contributed by atoms with Gasteiger partial charge in [0.25, 0.3) is 0 Å². The van der Waals surface area contributed by atoms with Crippen molar-refractivity contribution in [2.24, 2.45) is 0 Å². The Balaban J connectivity index is 2.23. The van der Waals surface area contributed by atoms with E-state index in [1.165, 1.54) is 25.4 Å². The lowest BCUT2D eigenvalue weighted by Crippen LogP contribution is -2.03. The summed E-state index contributed by atoms with van der Waals surface area (Å²) in [4.78, 5) is 7.25. The fourth-order valence-corrected chi connectivity index (χ4v) is 2.18. The predicted octanol–water partition coefficient (Wildman–Crippen LogP) is 2.65. The summed E-state index contributed by atoms with van der Waals surface area (Å²) >= 11 is 0.408. The minimum Gasteiger partial charge on any atom is -0.481 e. The lowest BCUT2D eigenvalue weighted by Gasteiger charge is -2.08. The Bertz CT molecular complexity index is 554. The highest BCUT2D eigenvalue weighted by molar-refractivity contribution is 7.11. The molecule has 2 heterocycles. The van der Waals surface area contributed by atoms with E-state index in [0.717, 1.165) is 6.20 Å². The summed E-state index contributed by atoms with van der Waals surface area (Å²) in [7, 11) is 1.44. The molecule has 0 aliphatic rings. The molecule has 0 aliphatic carbocycles. The lowest BCUT2D eigenvalue weighted by atomic mass is 10.1. The van der Waals surface area contributed by atoms with E-state index in [1.807, 2.05) is 0 Å². The van der Waals surface area contributed by atoms with Gasteiger partial charge in [0.2, 0.25) is 5.88 Å². The maximum Gasteiger partial charge on any atom is 0.443 e. The summed E-state index contributed by atoms with van der Waals surface area (Å²) in [5.41, 5.74) is 0.373. The normalized spacial score (nSPS) is 13.3. The molecule has 4 nitrogen and oxygen atoms in total. The van der Waals surface area contributed by atoms with Gasteiger partial charge in [0, 0.05) is 24.0 Å². The van der Waals surface area contributed by atoms with Crippen LogP contribution in [0.4, 0.5) is 13.2 Å². The van der Waals surface area contributed by atoms with Crippen molar-refractivity contribution in [3.63, 3.8) is 0 Å². The third-order valence-corrected chi connectivity index (χ3v) is 3.41. The molecule has 0 saturated carbocycles. The van der Waals surface area contributed by atoms with Crippen LogP contribution in [0.25, 0.3) is 0 Å². The third kappa shape index (κ3) is 3.02. The van der Waals surface area contributed by atoms with Crippen LogP contribution in [0, 0.1) is 0 Å². The molecule has 0 amide bonds. The Labute approximate surface area is 110 Å². The van der Waals surface area contributed by atoms with Gasteiger partial charge in [-0.3, -0.25) is 0 Å². The zero-order valence-electron chi connectivity index (χ0n) is 9.68.